The van der Waals surface area contributed by atoms with Crippen molar-refractivity contribution in [2.45, 2.75) is 39.2 Å². The molecule has 1 aromatic carbocycles. The molecule has 2 N–H and O–H groups in total. The lowest BCUT2D eigenvalue weighted by Gasteiger charge is -2.28. The Balaban J connectivity index is 0.00000182. The molecule has 1 saturated heterocycles. The van der Waals surface area contributed by atoms with Gasteiger partial charge in [-0.3, -0.25) is 4.79 Å². The molecule has 150 valence electrons. The molecular formula is C20H30Cl2N4O. The first kappa shape index (κ1) is 23.5. The Hall–Kier alpha value is -1.56. The van der Waals surface area contributed by atoms with Gasteiger partial charge in [0.25, 0.3) is 0 Å². The highest BCUT2D eigenvalue weighted by molar-refractivity contribution is 5.85. The summed E-state index contributed by atoms with van der Waals surface area (Å²) >= 11 is 0. The standard InChI is InChI=1S/C20H28N4O.2ClH/c1-15(17-6-8-21-9-7-17)12-20(25)23-16(2)18-4-3-5-19(13-18)24-11-10-22-14-24;;/h3-5,10-11,13-17,21H,6-9,12H2,1-2H3,(H,23,25);2*1H. The van der Waals surface area contributed by atoms with Crippen LogP contribution in [0.5, 0.6) is 0 Å². The van der Waals surface area contributed by atoms with Gasteiger partial charge in [-0.15, -0.1) is 24.8 Å². The number of carbonyl (C=O) groups excluding carboxylic acids is 1. The van der Waals surface area contributed by atoms with Crippen LogP contribution in [0.15, 0.2) is 43.0 Å². The Bertz CT molecular complexity index is 687. The average Bonchev–Trinajstić information content (AvgIpc) is 3.17. The van der Waals surface area contributed by atoms with Crippen LogP contribution in [0.2, 0.25) is 0 Å². The molecule has 27 heavy (non-hydrogen) atoms. The monoisotopic (exact) mass is 412 g/mol. The van der Waals surface area contributed by atoms with Crippen LogP contribution >= 0.6 is 24.8 Å². The fourth-order valence-corrected chi connectivity index (χ4v) is 3.62. The van der Waals surface area contributed by atoms with E-state index in [1.54, 1.807) is 12.5 Å². The van der Waals surface area contributed by atoms with E-state index in [2.05, 4.69) is 34.7 Å². The highest BCUT2D eigenvalue weighted by Gasteiger charge is 2.22. The maximum absolute atomic E-state index is 12.5. The van der Waals surface area contributed by atoms with Gasteiger partial charge in [0.2, 0.25) is 5.91 Å². The number of amides is 1. The summed E-state index contributed by atoms with van der Waals surface area (Å²) in [7, 11) is 0. The molecular weight excluding hydrogens is 383 g/mol. The van der Waals surface area contributed by atoms with Crippen LogP contribution in [0.4, 0.5) is 0 Å². The Labute approximate surface area is 174 Å². The molecule has 0 spiro atoms. The Morgan fingerprint density at radius 3 is 2.70 bits per heavy atom. The van der Waals surface area contributed by atoms with Gasteiger partial charge in [0.15, 0.2) is 0 Å². The van der Waals surface area contributed by atoms with E-state index in [0.29, 0.717) is 18.3 Å². The van der Waals surface area contributed by atoms with Gasteiger partial charge in [0.1, 0.15) is 0 Å². The van der Waals surface area contributed by atoms with E-state index in [0.717, 1.165) is 24.3 Å². The predicted molar refractivity (Wildman–Crippen MR) is 114 cm³/mol. The average molecular weight is 413 g/mol. The molecule has 5 nitrogen and oxygen atoms in total. The van der Waals surface area contributed by atoms with Crippen molar-refractivity contribution in [3.63, 3.8) is 0 Å². The maximum Gasteiger partial charge on any atom is 0.220 e. The number of imidazole rings is 1. The highest BCUT2D eigenvalue weighted by atomic mass is 35.5. The number of piperidine rings is 1. The molecule has 1 aliphatic rings. The number of nitrogens with zero attached hydrogens (tertiary/aromatic N) is 2. The fraction of sp³-hybridized carbons (Fsp3) is 0.500. The van der Waals surface area contributed by atoms with Crippen molar-refractivity contribution in [2.75, 3.05) is 13.1 Å². The number of hydrogen-bond donors (Lipinski definition) is 2. The molecule has 2 aromatic rings. The van der Waals surface area contributed by atoms with Crippen molar-refractivity contribution >= 4 is 30.7 Å². The Kier molecular flexibility index (Phi) is 9.84. The number of halogens is 2. The molecule has 2 atom stereocenters. The van der Waals surface area contributed by atoms with E-state index in [9.17, 15) is 4.79 Å². The fourth-order valence-electron chi connectivity index (χ4n) is 3.62. The van der Waals surface area contributed by atoms with E-state index in [1.165, 1.54) is 12.8 Å². The van der Waals surface area contributed by atoms with Gasteiger partial charge in [-0.05, 0) is 62.4 Å². The van der Waals surface area contributed by atoms with E-state index < -0.39 is 0 Å². The Morgan fingerprint density at radius 1 is 1.30 bits per heavy atom. The number of aromatic nitrogens is 2. The lowest BCUT2D eigenvalue weighted by molar-refractivity contribution is -0.123. The first-order valence-corrected chi connectivity index (χ1v) is 9.22. The molecule has 0 saturated carbocycles. The van der Waals surface area contributed by atoms with E-state index in [-0.39, 0.29) is 36.8 Å². The molecule has 1 aliphatic heterocycles. The first-order valence-electron chi connectivity index (χ1n) is 9.22. The van der Waals surface area contributed by atoms with Crippen molar-refractivity contribution < 1.29 is 4.79 Å². The smallest absolute Gasteiger partial charge is 0.220 e. The van der Waals surface area contributed by atoms with Gasteiger partial charge < -0.3 is 15.2 Å². The summed E-state index contributed by atoms with van der Waals surface area (Å²) in [5.74, 6) is 1.24. The molecule has 2 heterocycles. The van der Waals surface area contributed by atoms with E-state index >= 15 is 0 Å². The zero-order valence-electron chi connectivity index (χ0n) is 15.9. The highest BCUT2D eigenvalue weighted by Crippen LogP contribution is 2.25. The van der Waals surface area contributed by atoms with E-state index in [4.69, 9.17) is 0 Å². The maximum atomic E-state index is 12.5. The van der Waals surface area contributed by atoms with Gasteiger partial charge in [0, 0.05) is 24.5 Å². The molecule has 1 fully saturated rings. The largest absolute Gasteiger partial charge is 0.350 e. The van der Waals surface area contributed by atoms with Gasteiger partial charge in [0.05, 0.1) is 12.4 Å². The molecule has 1 amide bonds. The molecule has 0 radical (unpaired) electrons. The third-order valence-electron chi connectivity index (χ3n) is 5.25. The minimum atomic E-state index is -0.00352. The molecule has 3 rings (SSSR count). The topological polar surface area (TPSA) is 59.0 Å². The molecule has 1 aromatic heterocycles. The van der Waals surface area contributed by atoms with Crippen molar-refractivity contribution in [3.8, 4) is 5.69 Å². The van der Waals surface area contributed by atoms with Crippen LogP contribution in [0.25, 0.3) is 5.69 Å². The summed E-state index contributed by atoms with van der Waals surface area (Å²) in [6.45, 7) is 6.40. The summed E-state index contributed by atoms with van der Waals surface area (Å²) in [6, 6.07) is 8.21. The second kappa shape index (κ2) is 11.3. The number of benzene rings is 1. The quantitative estimate of drug-likeness (QED) is 0.755. The van der Waals surface area contributed by atoms with Crippen LogP contribution in [0.3, 0.4) is 0 Å². The Morgan fingerprint density at radius 2 is 2.04 bits per heavy atom. The van der Waals surface area contributed by atoms with Crippen molar-refractivity contribution in [2.24, 2.45) is 11.8 Å². The summed E-state index contributed by atoms with van der Waals surface area (Å²) in [5.41, 5.74) is 2.16. The molecule has 2 unspecified atom stereocenters. The summed E-state index contributed by atoms with van der Waals surface area (Å²) in [6.07, 6.45) is 8.43. The number of rotatable bonds is 6. The normalized spacial score (nSPS) is 16.5. The number of hydrogen-bond acceptors (Lipinski definition) is 3. The lowest BCUT2D eigenvalue weighted by Crippen LogP contribution is -2.34. The van der Waals surface area contributed by atoms with Crippen LogP contribution < -0.4 is 10.6 Å². The van der Waals surface area contributed by atoms with E-state index in [1.807, 2.05) is 29.8 Å². The minimum Gasteiger partial charge on any atom is -0.350 e. The second-order valence-corrected chi connectivity index (χ2v) is 7.12. The summed E-state index contributed by atoms with van der Waals surface area (Å²) in [4.78, 5) is 16.5. The van der Waals surface area contributed by atoms with Gasteiger partial charge in [-0.2, -0.15) is 0 Å². The van der Waals surface area contributed by atoms with Crippen LogP contribution in [0, 0.1) is 11.8 Å². The SMILES string of the molecule is CC(NC(=O)CC(C)C1CCNCC1)c1cccc(-n2ccnc2)c1.Cl.Cl. The van der Waals surface area contributed by atoms with Gasteiger partial charge in [-0.1, -0.05) is 19.1 Å². The zero-order valence-corrected chi connectivity index (χ0v) is 17.6. The lowest BCUT2D eigenvalue weighted by atomic mass is 9.84. The number of carbonyl (C=O) groups is 1. The van der Waals surface area contributed by atoms with Crippen LogP contribution in [-0.4, -0.2) is 28.5 Å². The third-order valence-corrected chi connectivity index (χ3v) is 5.25. The predicted octanol–water partition coefficient (Wildman–Crippen LogP) is 3.92. The minimum absolute atomic E-state index is 0. The summed E-state index contributed by atoms with van der Waals surface area (Å²) in [5, 5.41) is 6.55. The molecule has 0 bridgehead atoms. The second-order valence-electron chi connectivity index (χ2n) is 7.12. The van der Waals surface area contributed by atoms with Crippen molar-refractivity contribution in [1.82, 2.24) is 20.2 Å². The van der Waals surface area contributed by atoms with Crippen molar-refractivity contribution in [1.29, 1.82) is 0 Å². The van der Waals surface area contributed by atoms with Crippen molar-refractivity contribution in [3.05, 3.63) is 48.5 Å². The zero-order chi connectivity index (χ0) is 17.6. The van der Waals surface area contributed by atoms with Crippen LogP contribution in [-0.2, 0) is 4.79 Å². The molecule has 0 aliphatic carbocycles. The summed E-state index contributed by atoms with van der Waals surface area (Å²) < 4.78 is 1.97. The van der Waals surface area contributed by atoms with Gasteiger partial charge in [-0.25, -0.2) is 4.98 Å². The number of nitrogens with one attached hydrogen (secondary N) is 2. The van der Waals surface area contributed by atoms with Crippen LogP contribution in [0.1, 0.15) is 44.7 Å². The van der Waals surface area contributed by atoms with Gasteiger partial charge >= 0.3 is 0 Å². The molecule has 7 heteroatoms. The third kappa shape index (κ3) is 6.52. The first-order chi connectivity index (χ1) is 12.1.